The van der Waals surface area contributed by atoms with Crippen molar-refractivity contribution in [3.8, 4) is 0 Å². The van der Waals surface area contributed by atoms with Gasteiger partial charge >= 0.3 is 11.8 Å². The summed E-state index contributed by atoms with van der Waals surface area (Å²) in [6, 6.07) is 5.53. The van der Waals surface area contributed by atoms with E-state index in [0.29, 0.717) is 11.0 Å². The molecule has 0 radical (unpaired) electrons. The Balaban J connectivity index is 1.81. The number of aromatic amines is 1. The molecule has 0 saturated carbocycles. The van der Waals surface area contributed by atoms with Crippen LogP contribution in [0, 0.1) is 0 Å². The van der Waals surface area contributed by atoms with E-state index in [-0.39, 0.29) is 0 Å². The van der Waals surface area contributed by atoms with E-state index in [1.165, 1.54) is 19.3 Å². The Morgan fingerprint density at radius 1 is 1.24 bits per heavy atom. The zero-order valence-electron chi connectivity index (χ0n) is 11.8. The number of carboxylic acid groups (broad SMARTS) is 1. The van der Waals surface area contributed by atoms with Crippen LogP contribution in [0.2, 0.25) is 0 Å². The first-order chi connectivity index (χ1) is 10.1. The van der Waals surface area contributed by atoms with Crippen molar-refractivity contribution in [1.82, 2.24) is 14.5 Å². The lowest BCUT2D eigenvalue weighted by atomic mass is 10.1. The minimum absolute atomic E-state index is 0.434. The monoisotopic (exact) mass is 289 g/mol. The molecule has 6 nitrogen and oxygen atoms in total. The third kappa shape index (κ3) is 2.85. The van der Waals surface area contributed by atoms with Crippen molar-refractivity contribution in [3.05, 3.63) is 34.2 Å². The topological polar surface area (TPSA) is 78.3 Å². The molecule has 0 unspecified atom stereocenters. The number of nitrogens with one attached hydrogen (secondary N) is 1. The van der Waals surface area contributed by atoms with Gasteiger partial charge in [-0.15, -0.1) is 0 Å². The summed E-state index contributed by atoms with van der Waals surface area (Å²) in [7, 11) is 0. The maximum absolute atomic E-state index is 11.6. The Morgan fingerprint density at radius 3 is 2.71 bits per heavy atom. The van der Waals surface area contributed by atoms with Crippen LogP contribution in [-0.4, -0.2) is 45.3 Å². The lowest BCUT2D eigenvalue weighted by Crippen LogP contribution is -2.31. The molecular weight excluding hydrogens is 270 g/mol. The molecule has 0 atom stereocenters. The predicted molar refractivity (Wildman–Crippen MR) is 80.0 cm³/mol. The average Bonchev–Trinajstić information content (AvgIpc) is 2.81. The third-order valence-corrected chi connectivity index (χ3v) is 4.10. The van der Waals surface area contributed by atoms with Crippen molar-refractivity contribution in [2.24, 2.45) is 0 Å². The van der Waals surface area contributed by atoms with Crippen molar-refractivity contribution in [2.45, 2.75) is 25.7 Å². The number of piperidine rings is 1. The van der Waals surface area contributed by atoms with Crippen LogP contribution < -0.4 is 5.69 Å². The predicted octanol–water partition coefficient (Wildman–Crippen LogP) is 1.88. The largest absolute Gasteiger partial charge is 0.464 e. The number of hydrogen-bond acceptors (Lipinski definition) is 3. The van der Waals surface area contributed by atoms with E-state index in [0.717, 1.165) is 36.2 Å². The molecule has 2 N–H and O–H groups in total. The van der Waals surface area contributed by atoms with Crippen LogP contribution in [-0.2, 0) is 6.42 Å². The van der Waals surface area contributed by atoms with Gasteiger partial charge in [-0.3, -0.25) is 0 Å². The minimum atomic E-state index is -1.25. The van der Waals surface area contributed by atoms with E-state index in [1.54, 1.807) is 12.1 Å². The summed E-state index contributed by atoms with van der Waals surface area (Å²) >= 11 is 0. The van der Waals surface area contributed by atoms with Crippen LogP contribution in [0.1, 0.15) is 24.8 Å². The summed E-state index contributed by atoms with van der Waals surface area (Å²) in [6.07, 6.45) is 3.45. The molecule has 1 aromatic heterocycles. The number of likely N-dealkylation sites (tertiary alicyclic amines) is 1. The first-order valence-corrected chi connectivity index (χ1v) is 7.34. The van der Waals surface area contributed by atoms with Crippen molar-refractivity contribution in [2.75, 3.05) is 19.6 Å². The number of nitrogens with zero attached hydrogens (tertiary/aromatic N) is 2. The van der Waals surface area contributed by atoms with Crippen molar-refractivity contribution in [1.29, 1.82) is 0 Å². The van der Waals surface area contributed by atoms with E-state index in [9.17, 15) is 9.59 Å². The van der Waals surface area contributed by atoms with Gasteiger partial charge in [0.1, 0.15) is 0 Å². The van der Waals surface area contributed by atoms with E-state index >= 15 is 0 Å². The molecule has 112 valence electrons. The Kier molecular flexibility index (Phi) is 3.79. The molecule has 6 heteroatoms. The number of H-pyrrole nitrogens is 1. The van der Waals surface area contributed by atoms with Crippen LogP contribution >= 0.6 is 0 Å². The average molecular weight is 289 g/mol. The maximum Gasteiger partial charge on any atom is 0.420 e. The van der Waals surface area contributed by atoms with Gasteiger partial charge in [0, 0.05) is 6.54 Å². The highest BCUT2D eigenvalue weighted by Crippen LogP contribution is 2.15. The molecule has 0 bridgehead atoms. The minimum Gasteiger partial charge on any atom is -0.464 e. The first-order valence-electron chi connectivity index (χ1n) is 7.34. The van der Waals surface area contributed by atoms with E-state index < -0.39 is 11.8 Å². The molecule has 1 fully saturated rings. The summed E-state index contributed by atoms with van der Waals surface area (Å²) in [5, 5.41) is 9.11. The Hall–Kier alpha value is -2.08. The third-order valence-electron chi connectivity index (χ3n) is 4.10. The number of carbonyl (C=O) groups is 1. The van der Waals surface area contributed by atoms with Crippen molar-refractivity contribution in [3.63, 3.8) is 0 Å². The molecule has 2 heterocycles. The van der Waals surface area contributed by atoms with Crippen LogP contribution in [0.4, 0.5) is 4.79 Å². The van der Waals surface area contributed by atoms with E-state index in [1.807, 2.05) is 6.07 Å². The standard InChI is InChI=1S/C15H19N3O3/c19-14-16-12-5-4-11(10-13(12)18(14)15(20)21)6-9-17-7-2-1-3-8-17/h4-5,10H,1-3,6-9H2,(H,16,19)(H,20,21). The zero-order chi connectivity index (χ0) is 14.8. The van der Waals surface area contributed by atoms with E-state index in [4.69, 9.17) is 5.11 Å². The quantitative estimate of drug-likeness (QED) is 0.904. The summed E-state index contributed by atoms with van der Waals surface area (Å²) in [6.45, 7) is 3.27. The molecule has 0 aliphatic carbocycles. The van der Waals surface area contributed by atoms with Crippen molar-refractivity contribution < 1.29 is 9.90 Å². The highest BCUT2D eigenvalue weighted by Gasteiger charge is 2.14. The maximum atomic E-state index is 11.6. The second kappa shape index (κ2) is 5.73. The number of fused-ring (bicyclic) bond motifs is 1. The summed E-state index contributed by atoms with van der Waals surface area (Å²) in [4.78, 5) is 27.8. The molecule has 1 saturated heterocycles. The summed E-state index contributed by atoms with van der Waals surface area (Å²) in [5.74, 6) is 0. The fourth-order valence-electron chi connectivity index (χ4n) is 2.96. The molecule has 1 aliphatic rings. The Bertz CT molecular complexity index is 711. The van der Waals surface area contributed by atoms with Gasteiger partial charge in [-0.2, -0.15) is 4.57 Å². The molecular formula is C15H19N3O3. The van der Waals surface area contributed by atoms with Gasteiger partial charge in [0.05, 0.1) is 11.0 Å². The van der Waals surface area contributed by atoms with Gasteiger partial charge in [-0.25, -0.2) is 9.59 Å². The normalized spacial score (nSPS) is 16.4. The molecule has 2 aromatic rings. The molecule has 0 spiro atoms. The fraction of sp³-hybridized carbons (Fsp3) is 0.467. The molecule has 1 aliphatic heterocycles. The van der Waals surface area contributed by atoms with Gasteiger partial charge in [0.25, 0.3) is 0 Å². The SMILES string of the molecule is O=C(O)n1c(=O)[nH]c2ccc(CCN3CCCCC3)cc21. The fourth-order valence-corrected chi connectivity index (χ4v) is 2.96. The highest BCUT2D eigenvalue weighted by molar-refractivity contribution is 5.85. The van der Waals surface area contributed by atoms with E-state index in [2.05, 4.69) is 9.88 Å². The number of benzene rings is 1. The molecule has 1 aromatic carbocycles. The van der Waals surface area contributed by atoms with Crippen LogP contribution in [0.5, 0.6) is 0 Å². The smallest absolute Gasteiger partial charge is 0.420 e. The lowest BCUT2D eigenvalue weighted by molar-refractivity contribution is 0.196. The highest BCUT2D eigenvalue weighted by atomic mass is 16.4. The Morgan fingerprint density at radius 2 is 2.00 bits per heavy atom. The van der Waals surface area contributed by atoms with Crippen LogP contribution in [0.25, 0.3) is 11.0 Å². The summed E-state index contributed by atoms with van der Waals surface area (Å²) < 4.78 is 0.764. The second-order valence-electron chi connectivity index (χ2n) is 5.55. The Labute approximate surface area is 122 Å². The van der Waals surface area contributed by atoms with Crippen molar-refractivity contribution >= 4 is 17.1 Å². The zero-order valence-corrected chi connectivity index (χ0v) is 11.8. The lowest BCUT2D eigenvalue weighted by Gasteiger charge is -2.26. The molecule has 21 heavy (non-hydrogen) atoms. The van der Waals surface area contributed by atoms with Gasteiger partial charge < -0.3 is 15.0 Å². The number of hydrogen-bond donors (Lipinski definition) is 2. The van der Waals surface area contributed by atoms with Gasteiger partial charge in [-0.1, -0.05) is 12.5 Å². The van der Waals surface area contributed by atoms with Gasteiger partial charge in [0.2, 0.25) is 0 Å². The number of imidazole rings is 1. The number of aromatic nitrogens is 2. The first kappa shape index (κ1) is 13.9. The second-order valence-corrected chi connectivity index (χ2v) is 5.55. The van der Waals surface area contributed by atoms with Crippen LogP contribution in [0.3, 0.4) is 0 Å². The van der Waals surface area contributed by atoms with Crippen LogP contribution in [0.15, 0.2) is 23.0 Å². The number of rotatable bonds is 3. The van der Waals surface area contributed by atoms with Gasteiger partial charge in [-0.05, 0) is 50.0 Å². The molecule has 0 amide bonds. The van der Waals surface area contributed by atoms with Gasteiger partial charge in [0.15, 0.2) is 0 Å². The molecule has 3 rings (SSSR count). The summed E-state index contributed by atoms with van der Waals surface area (Å²) in [5.41, 5.74) is 1.44.